The first-order chi connectivity index (χ1) is 8.66. The first-order valence-electron chi connectivity index (χ1n) is 5.99. The molecule has 0 radical (unpaired) electrons. The molecule has 18 heavy (non-hydrogen) atoms. The minimum absolute atomic E-state index is 0.202. The Labute approximate surface area is 107 Å². The van der Waals surface area contributed by atoms with Crippen molar-refractivity contribution in [2.75, 3.05) is 0 Å². The van der Waals surface area contributed by atoms with Crippen LogP contribution in [0.15, 0.2) is 54.6 Å². The molecular weight excluding hydrogens is 224 g/mol. The third-order valence-electron chi connectivity index (χ3n) is 2.83. The number of hydrogen-bond acceptors (Lipinski definition) is 2. The topological polar surface area (TPSA) is 26.3 Å². The zero-order valence-corrected chi connectivity index (χ0v) is 10.6. The highest BCUT2D eigenvalue weighted by molar-refractivity contribution is 5.66. The SMILES string of the molecule is CC(=O)OC(C)c1ccc(-c2ccccc2)cc1. The Kier molecular flexibility index (Phi) is 3.78. The van der Waals surface area contributed by atoms with Crippen LogP contribution < -0.4 is 0 Å². The van der Waals surface area contributed by atoms with Gasteiger partial charge in [0, 0.05) is 6.92 Å². The number of carbonyl (C=O) groups excluding carboxylic acids is 1. The van der Waals surface area contributed by atoms with Gasteiger partial charge in [-0.2, -0.15) is 0 Å². The van der Waals surface area contributed by atoms with Gasteiger partial charge >= 0.3 is 5.97 Å². The number of hydrogen-bond donors (Lipinski definition) is 0. The molecule has 2 nitrogen and oxygen atoms in total. The lowest BCUT2D eigenvalue weighted by atomic mass is 10.0. The molecule has 0 fully saturated rings. The van der Waals surface area contributed by atoms with Gasteiger partial charge in [-0.15, -0.1) is 0 Å². The number of esters is 1. The van der Waals surface area contributed by atoms with Gasteiger partial charge in [0.15, 0.2) is 0 Å². The molecule has 0 N–H and O–H groups in total. The molecule has 2 heteroatoms. The molecule has 0 heterocycles. The van der Waals surface area contributed by atoms with Gasteiger partial charge in [0.25, 0.3) is 0 Å². The van der Waals surface area contributed by atoms with Gasteiger partial charge in [-0.05, 0) is 23.6 Å². The summed E-state index contributed by atoms with van der Waals surface area (Å²) in [7, 11) is 0. The summed E-state index contributed by atoms with van der Waals surface area (Å²) in [5.74, 6) is -0.255. The molecule has 0 spiro atoms. The van der Waals surface area contributed by atoms with Crippen LogP contribution in [0.4, 0.5) is 0 Å². The Balaban J connectivity index is 2.18. The van der Waals surface area contributed by atoms with E-state index in [0.717, 1.165) is 11.1 Å². The van der Waals surface area contributed by atoms with Crippen LogP contribution in [0.5, 0.6) is 0 Å². The highest BCUT2D eigenvalue weighted by atomic mass is 16.5. The van der Waals surface area contributed by atoms with Gasteiger partial charge in [0.1, 0.15) is 6.10 Å². The molecule has 0 aliphatic carbocycles. The predicted octanol–water partition coefficient (Wildman–Crippen LogP) is 3.98. The molecule has 0 saturated carbocycles. The van der Waals surface area contributed by atoms with E-state index in [2.05, 4.69) is 12.1 Å². The molecular formula is C16H16O2. The van der Waals surface area contributed by atoms with Crippen molar-refractivity contribution in [3.8, 4) is 11.1 Å². The normalized spacial score (nSPS) is 11.9. The van der Waals surface area contributed by atoms with Crippen LogP contribution in [0.3, 0.4) is 0 Å². The Morgan fingerprint density at radius 2 is 1.50 bits per heavy atom. The van der Waals surface area contributed by atoms with Crippen molar-refractivity contribution < 1.29 is 9.53 Å². The average Bonchev–Trinajstić information content (AvgIpc) is 2.39. The highest BCUT2D eigenvalue weighted by Gasteiger charge is 2.08. The van der Waals surface area contributed by atoms with Crippen molar-refractivity contribution in [1.29, 1.82) is 0 Å². The second-order valence-electron chi connectivity index (χ2n) is 4.24. The van der Waals surface area contributed by atoms with Crippen LogP contribution >= 0.6 is 0 Å². The zero-order chi connectivity index (χ0) is 13.0. The summed E-state index contributed by atoms with van der Waals surface area (Å²) >= 11 is 0. The number of ether oxygens (including phenoxy) is 1. The summed E-state index contributed by atoms with van der Waals surface area (Å²) in [6.07, 6.45) is -0.202. The van der Waals surface area contributed by atoms with Crippen molar-refractivity contribution in [3.63, 3.8) is 0 Å². The summed E-state index contributed by atoms with van der Waals surface area (Å²) in [5.41, 5.74) is 3.35. The summed E-state index contributed by atoms with van der Waals surface area (Å²) in [6, 6.07) is 18.3. The molecule has 0 aliphatic heterocycles. The predicted molar refractivity (Wildman–Crippen MR) is 72.1 cm³/mol. The molecule has 2 rings (SSSR count). The maximum absolute atomic E-state index is 10.9. The van der Waals surface area contributed by atoms with Crippen LogP contribution in [0.1, 0.15) is 25.5 Å². The van der Waals surface area contributed by atoms with Crippen molar-refractivity contribution >= 4 is 5.97 Å². The van der Waals surface area contributed by atoms with Crippen molar-refractivity contribution in [2.24, 2.45) is 0 Å². The molecule has 2 aromatic rings. The monoisotopic (exact) mass is 240 g/mol. The molecule has 1 unspecified atom stereocenters. The summed E-state index contributed by atoms with van der Waals surface area (Å²) in [5, 5.41) is 0. The molecule has 92 valence electrons. The molecule has 1 atom stereocenters. The van der Waals surface area contributed by atoms with E-state index in [1.54, 1.807) is 0 Å². The summed E-state index contributed by atoms with van der Waals surface area (Å²) < 4.78 is 5.14. The van der Waals surface area contributed by atoms with E-state index in [1.807, 2.05) is 49.4 Å². The van der Waals surface area contributed by atoms with Gasteiger partial charge in [-0.3, -0.25) is 4.79 Å². The fourth-order valence-electron chi connectivity index (χ4n) is 1.89. The maximum atomic E-state index is 10.9. The van der Waals surface area contributed by atoms with Gasteiger partial charge < -0.3 is 4.74 Å². The standard InChI is InChI=1S/C16H16O2/c1-12(18-13(2)17)14-8-10-16(11-9-14)15-6-4-3-5-7-15/h3-12H,1-2H3. The van der Waals surface area contributed by atoms with E-state index in [-0.39, 0.29) is 12.1 Å². The largest absolute Gasteiger partial charge is 0.458 e. The zero-order valence-electron chi connectivity index (χ0n) is 10.6. The van der Waals surface area contributed by atoms with Crippen LogP contribution in [0.25, 0.3) is 11.1 Å². The lowest BCUT2D eigenvalue weighted by Gasteiger charge is -2.12. The molecule has 2 aromatic carbocycles. The first-order valence-corrected chi connectivity index (χ1v) is 5.99. The van der Waals surface area contributed by atoms with Crippen LogP contribution in [-0.4, -0.2) is 5.97 Å². The van der Waals surface area contributed by atoms with Gasteiger partial charge in [0.05, 0.1) is 0 Å². The van der Waals surface area contributed by atoms with Gasteiger partial charge in [-0.25, -0.2) is 0 Å². The van der Waals surface area contributed by atoms with Crippen molar-refractivity contribution in [3.05, 3.63) is 60.2 Å². The van der Waals surface area contributed by atoms with E-state index in [9.17, 15) is 4.79 Å². The van der Waals surface area contributed by atoms with Crippen LogP contribution in [-0.2, 0) is 9.53 Å². The fraction of sp³-hybridized carbons (Fsp3) is 0.188. The fourth-order valence-corrected chi connectivity index (χ4v) is 1.89. The third-order valence-corrected chi connectivity index (χ3v) is 2.83. The van der Waals surface area contributed by atoms with Gasteiger partial charge in [0.2, 0.25) is 0 Å². The number of rotatable bonds is 3. The van der Waals surface area contributed by atoms with E-state index in [4.69, 9.17) is 4.74 Å². The van der Waals surface area contributed by atoms with E-state index >= 15 is 0 Å². The third kappa shape index (κ3) is 2.98. The molecule has 0 amide bonds. The highest BCUT2D eigenvalue weighted by Crippen LogP contribution is 2.23. The Morgan fingerprint density at radius 1 is 0.944 bits per heavy atom. The Hall–Kier alpha value is -2.09. The molecule has 0 aliphatic rings. The van der Waals surface area contributed by atoms with Crippen molar-refractivity contribution in [1.82, 2.24) is 0 Å². The second kappa shape index (κ2) is 5.50. The minimum Gasteiger partial charge on any atom is -0.458 e. The number of carbonyl (C=O) groups is 1. The maximum Gasteiger partial charge on any atom is 0.303 e. The van der Waals surface area contributed by atoms with E-state index in [0.29, 0.717) is 0 Å². The molecule has 0 saturated heterocycles. The Bertz CT molecular complexity index is 515. The van der Waals surface area contributed by atoms with Gasteiger partial charge in [-0.1, -0.05) is 54.6 Å². The van der Waals surface area contributed by atoms with Crippen molar-refractivity contribution in [2.45, 2.75) is 20.0 Å². The number of benzene rings is 2. The smallest absolute Gasteiger partial charge is 0.303 e. The van der Waals surface area contributed by atoms with Crippen LogP contribution in [0.2, 0.25) is 0 Å². The van der Waals surface area contributed by atoms with E-state index in [1.165, 1.54) is 12.5 Å². The molecule has 0 bridgehead atoms. The second-order valence-corrected chi connectivity index (χ2v) is 4.24. The lowest BCUT2D eigenvalue weighted by molar-refractivity contribution is -0.145. The Morgan fingerprint density at radius 3 is 2.06 bits per heavy atom. The van der Waals surface area contributed by atoms with Crippen LogP contribution in [0, 0.1) is 0 Å². The average molecular weight is 240 g/mol. The minimum atomic E-state index is -0.255. The first kappa shape index (κ1) is 12.4. The summed E-state index contributed by atoms with van der Waals surface area (Å²) in [4.78, 5) is 10.9. The lowest BCUT2D eigenvalue weighted by Crippen LogP contribution is -2.04. The quantitative estimate of drug-likeness (QED) is 0.758. The summed E-state index contributed by atoms with van der Waals surface area (Å²) in [6.45, 7) is 3.30. The van der Waals surface area contributed by atoms with E-state index < -0.39 is 0 Å². The molecule has 0 aromatic heterocycles.